The summed E-state index contributed by atoms with van der Waals surface area (Å²) in [6, 6.07) is 3.86. The number of hydrogen-bond donors (Lipinski definition) is 0. The van der Waals surface area contributed by atoms with Crippen LogP contribution in [0.1, 0.15) is 5.56 Å². The molecule has 0 atom stereocenters. The van der Waals surface area contributed by atoms with Crippen LogP contribution in [0, 0.1) is 5.82 Å². The monoisotopic (exact) mass is 190 g/mol. The van der Waals surface area contributed by atoms with E-state index in [0.29, 0.717) is 5.75 Å². The molecule has 1 nitrogen and oxygen atoms in total. The minimum absolute atomic E-state index is 0.0100. The average Bonchev–Trinajstić information content (AvgIpc) is 2.08. The van der Waals surface area contributed by atoms with E-state index < -0.39 is 18.7 Å². The van der Waals surface area contributed by atoms with Crippen LogP contribution in [0.3, 0.4) is 0 Å². The standard InChI is InChI=1S/C9H9F3O/c1-13-7-3-2-6(4-9(11)12)8(10)5-7/h2-3,5,9H,4H2,1H3. The van der Waals surface area contributed by atoms with Crippen molar-refractivity contribution in [3.63, 3.8) is 0 Å². The van der Waals surface area contributed by atoms with Crippen LogP contribution in [-0.4, -0.2) is 13.5 Å². The maximum atomic E-state index is 13.0. The van der Waals surface area contributed by atoms with Crippen LogP contribution in [0.4, 0.5) is 13.2 Å². The summed E-state index contributed by atoms with van der Waals surface area (Å²) in [5, 5.41) is 0. The average molecular weight is 190 g/mol. The lowest BCUT2D eigenvalue weighted by molar-refractivity contribution is 0.147. The van der Waals surface area contributed by atoms with Gasteiger partial charge < -0.3 is 4.74 Å². The Morgan fingerprint density at radius 2 is 2.08 bits per heavy atom. The molecule has 0 aliphatic rings. The highest BCUT2D eigenvalue weighted by Crippen LogP contribution is 2.18. The molecule has 0 saturated heterocycles. The number of methoxy groups -OCH3 is 1. The van der Waals surface area contributed by atoms with Crippen LogP contribution in [0.15, 0.2) is 18.2 Å². The highest BCUT2D eigenvalue weighted by molar-refractivity contribution is 5.29. The zero-order valence-electron chi connectivity index (χ0n) is 7.06. The lowest BCUT2D eigenvalue weighted by atomic mass is 10.1. The zero-order valence-corrected chi connectivity index (χ0v) is 7.06. The van der Waals surface area contributed by atoms with E-state index in [1.165, 1.54) is 19.2 Å². The molecule has 0 N–H and O–H groups in total. The summed E-state index contributed by atoms with van der Waals surface area (Å²) < 4.78 is 41.5. The van der Waals surface area contributed by atoms with Gasteiger partial charge in [-0.25, -0.2) is 13.2 Å². The summed E-state index contributed by atoms with van der Waals surface area (Å²) in [5.41, 5.74) is 0.0100. The summed E-state index contributed by atoms with van der Waals surface area (Å²) in [5.74, 6) is -0.324. The van der Waals surface area contributed by atoms with E-state index in [1.807, 2.05) is 0 Å². The number of halogens is 3. The Morgan fingerprint density at radius 1 is 1.38 bits per heavy atom. The van der Waals surface area contributed by atoms with Crippen molar-refractivity contribution in [1.82, 2.24) is 0 Å². The Kier molecular flexibility index (Phi) is 3.17. The Balaban J connectivity index is 2.85. The molecule has 0 fully saturated rings. The molecule has 1 aromatic rings. The Labute approximate surface area is 74.1 Å². The molecule has 0 saturated carbocycles. The van der Waals surface area contributed by atoms with Crippen molar-refractivity contribution < 1.29 is 17.9 Å². The minimum Gasteiger partial charge on any atom is -0.497 e. The molecule has 0 aliphatic carbocycles. The SMILES string of the molecule is COc1ccc(CC(F)F)c(F)c1. The summed E-state index contributed by atoms with van der Waals surface area (Å²) in [6.07, 6.45) is -3.08. The van der Waals surface area contributed by atoms with Gasteiger partial charge in [0.25, 0.3) is 0 Å². The van der Waals surface area contributed by atoms with E-state index in [-0.39, 0.29) is 5.56 Å². The van der Waals surface area contributed by atoms with E-state index in [2.05, 4.69) is 0 Å². The molecule has 1 aromatic carbocycles. The van der Waals surface area contributed by atoms with Crippen LogP contribution in [0.25, 0.3) is 0 Å². The Morgan fingerprint density at radius 3 is 2.54 bits per heavy atom. The fraction of sp³-hybridized carbons (Fsp3) is 0.333. The first kappa shape index (κ1) is 9.89. The first-order valence-corrected chi connectivity index (χ1v) is 3.74. The van der Waals surface area contributed by atoms with Crippen molar-refractivity contribution >= 4 is 0 Å². The van der Waals surface area contributed by atoms with Crippen molar-refractivity contribution in [3.8, 4) is 5.75 Å². The van der Waals surface area contributed by atoms with E-state index in [1.54, 1.807) is 0 Å². The van der Waals surface area contributed by atoms with Gasteiger partial charge in [-0.3, -0.25) is 0 Å². The van der Waals surface area contributed by atoms with Gasteiger partial charge in [0.05, 0.1) is 7.11 Å². The number of hydrogen-bond acceptors (Lipinski definition) is 1. The van der Waals surface area contributed by atoms with Crippen molar-refractivity contribution in [2.24, 2.45) is 0 Å². The molecular weight excluding hydrogens is 181 g/mol. The van der Waals surface area contributed by atoms with E-state index in [9.17, 15) is 13.2 Å². The molecule has 1 rings (SSSR count). The first-order chi connectivity index (χ1) is 6.13. The minimum atomic E-state index is -2.53. The van der Waals surface area contributed by atoms with Gasteiger partial charge in [-0.1, -0.05) is 6.07 Å². The van der Waals surface area contributed by atoms with Gasteiger partial charge in [-0.05, 0) is 11.6 Å². The fourth-order valence-electron chi connectivity index (χ4n) is 0.987. The topological polar surface area (TPSA) is 9.23 Å². The van der Waals surface area contributed by atoms with Crippen LogP contribution in [0.2, 0.25) is 0 Å². The molecule has 4 heteroatoms. The number of alkyl halides is 2. The second-order valence-electron chi connectivity index (χ2n) is 2.55. The number of benzene rings is 1. The van der Waals surface area contributed by atoms with Crippen molar-refractivity contribution in [1.29, 1.82) is 0 Å². The largest absolute Gasteiger partial charge is 0.497 e. The van der Waals surface area contributed by atoms with Crippen LogP contribution in [-0.2, 0) is 6.42 Å². The van der Waals surface area contributed by atoms with Gasteiger partial charge in [0.15, 0.2) is 0 Å². The molecule has 0 heterocycles. The van der Waals surface area contributed by atoms with E-state index >= 15 is 0 Å². The van der Waals surface area contributed by atoms with Crippen LogP contribution >= 0.6 is 0 Å². The van der Waals surface area contributed by atoms with Gasteiger partial charge in [-0.2, -0.15) is 0 Å². The van der Waals surface area contributed by atoms with Gasteiger partial charge in [-0.15, -0.1) is 0 Å². The smallest absolute Gasteiger partial charge is 0.242 e. The van der Waals surface area contributed by atoms with Gasteiger partial charge in [0.1, 0.15) is 11.6 Å². The zero-order chi connectivity index (χ0) is 9.84. The van der Waals surface area contributed by atoms with Crippen LogP contribution < -0.4 is 4.74 Å². The molecule has 0 bridgehead atoms. The Bertz CT molecular complexity index is 286. The fourth-order valence-corrected chi connectivity index (χ4v) is 0.987. The van der Waals surface area contributed by atoms with Crippen molar-refractivity contribution in [3.05, 3.63) is 29.6 Å². The normalized spacial score (nSPS) is 10.5. The highest BCUT2D eigenvalue weighted by atomic mass is 19.3. The lowest BCUT2D eigenvalue weighted by Gasteiger charge is -2.04. The third-order valence-electron chi connectivity index (χ3n) is 1.63. The summed E-state index contributed by atoms with van der Waals surface area (Å²) in [7, 11) is 1.39. The lowest BCUT2D eigenvalue weighted by Crippen LogP contribution is -1.99. The second-order valence-corrected chi connectivity index (χ2v) is 2.55. The molecule has 0 unspecified atom stereocenters. The molecule has 0 radical (unpaired) electrons. The van der Waals surface area contributed by atoms with Crippen molar-refractivity contribution in [2.75, 3.05) is 7.11 Å². The Hall–Kier alpha value is -1.19. The number of rotatable bonds is 3. The first-order valence-electron chi connectivity index (χ1n) is 3.74. The summed E-state index contributed by atoms with van der Waals surface area (Å²) >= 11 is 0. The van der Waals surface area contributed by atoms with Gasteiger partial charge in [0, 0.05) is 12.5 Å². The molecule has 0 aromatic heterocycles. The highest BCUT2D eigenvalue weighted by Gasteiger charge is 2.09. The van der Waals surface area contributed by atoms with Crippen molar-refractivity contribution in [2.45, 2.75) is 12.8 Å². The number of ether oxygens (including phenoxy) is 1. The van der Waals surface area contributed by atoms with E-state index in [4.69, 9.17) is 4.74 Å². The third-order valence-corrected chi connectivity index (χ3v) is 1.63. The predicted molar refractivity (Wildman–Crippen MR) is 42.7 cm³/mol. The molecule has 0 amide bonds. The quantitative estimate of drug-likeness (QED) is 0.711. The third kappa shape index (κ3) is 2.65. The molecule has 72 valence electrons. The molecule has 13 heavy (non-hydrogen) atoms. The molecule has 0 spiro atoms. The summed E-state index contributed by atoms with van der Waals surface area (Å²) in [6.45, 7) is 0. The summed E-state index contributed by atoms with van der Waals surface area (Å²) in [4.78, 5) is 0. The van der Waals surface area contributed by atoms with E-state index in [0.717, 1.165) is 6.07 Å². The molecular formula is C9H9F3O. The van der Waals surface area contributed by atoms with Crippen LogP contribution in [0.5, 0.6) is 5.75 Å². The molecule has 0 aliphatic heterocycles. The maximum absolute atomic E-state index is 13.0. The maximum Gasteiger partial charge on any atom is 0.242 e. The van der Waals surface area contributed by atoms with Gasteiger partial charge in [0.2, 0.25) is 6.43 Å². The predicted octanol–water partition coefficient (Wildman–Crippen LogP) is 2.64. The second kappa shape index (κ2) is 4.16. The van der Waals surface area contributed by atoms with Gasteiger partial charge >= 0.3 is 0 Å².